The third-order valence-corrected chi connectivity index (χ3v) is 8.74. The van der Waals surface area contributed by atoms with Crippen molar-refractivity contribution < 1.29 is 11.3 Å². The summed E-state index contributed by atoms with van der Waals surface area (Å²) in [7, 11) is 0. The molecule has 2 nitrogen and oxygen atoms in total. The Morgan fingerprint density at radius 1 is 0.457 bits per heavy atom. The number of para-hydroxylation sites is 1. The summed E-state index contributed by atoms with van der Waals surface area (Å²) in [5.74, 6) is 0. The number of rotatable bonds is 5. The molecular formula is C44H29NO. The molecule has 1 aromatic heterocycles. The number of hydrogen-bond donors (Lipinski definition) is 0. The first-order valence-electron chi connectivity index (χ1n) is 17.8. The predicted octanol–water partition coefficient (Wildman–Crippen LogP) is 12.7. The molecule has 0 aliphatic rings. The second kappa shape index (κ2) is 10.8. The summed E-state index contributed by atoms with van der Waals surface area (Å²) < 4.78 is 49.7. The van der Waals surface area contributed by atoms with Crippen LogP contribution in [-0.2, 0) is 0 Å². The maximum Gasteiger partial charge on any atom is 0.143 e. The topological polar surface area (TPSA) is 16.4 Å². The van der Waals surface area contributed by atoms with Gasteiger partial charge < -0.3 is 9.32 Å². The Balaban J connectivity index is 1.24. The van der Waals surface area contributed by atoms with E-state index in [1.54, 1.807) is 4.90 Å². The van der Waals surface area contributed by atoms with Crippen LogP contribution in [0.1, 0.15) is 6.85 Å². The van der Waals surface area contributed by atoms with E-state index in [-0.39, 0.29) is 29.9 Å². The Morgan fingerprint density at radius 2 is 1.15 bits per heavy atom. The average Bonchev–Trinajstić information content (AvgIpc) is 3.58. The Hall–Kier alpha value is -6.12. The summed E-state index contributed by atoms with van der Waals surface area (Å²) in [5.41, 5.74) is 6.96. The molecule has 1 heterocycles. The monoisotopic (exact) mass is 592 g/mol. The zero-order valence-corrected chi connectivity index (χ0v) is 24.7. The van der Waals surface area contributed by atoms with E-state index < -0.39 is 6.04 Å². The molecule has 216 valence electrons. The van der Waals surface area contributed by atoms with Gasteiger partial charge in [-0.05, 0) is 86.9 Å². The van der Waals surface area contributed by atoms with Crippen LogP contribution < -0.4 is 4.90 Å². The number of anilines is 3. The number of benzene rings is 8. The van der Waals surface area contributed by atoms with Crippen LogP contribution in [0.2, 0.25) is 0 Å². The van der Waals surface area contributed by atoms with Gasteiger partial charge in [-0.2, -0.15) is 0 Å². The molecule has 0 saturated carbocycles. The first-order valence-corrected chi connectivity index (χ1v) is 15.3. The lowest BCUT2D eigenvalue weighted by Crippen LogP contribution is -2.09. The van der Waals surface area contributed by atoms with Gasteiger partial charge >= 0.3 is 0 Å². The van der Waals surface area contributed by atoms with Crippen molar-refractivity contribution in [3.63, 3.8) is 0 Å². The lowest BCUT2D eigenvalue weighted by Gasteiger charge is -2.26. The van der Waals surface area contributed by atoms with Crippen molar-refractivity contribution in [1.29, 1.82) is 0 Å². The van der Waals surface area contributed by atoms with Crippen LogP contribution >= 0.6 is 0 Å². The van der Waals surface area contributed by atoms with Crippen molar-refractivity contribution in [2.24, 2.45) is 0 Å². The maximum atomic E-state index is 8.97. The van der Waals surface area contributed by atoms with Crippen LogP contribution in [0.4, 0.5) is 17.1 Å². The van der Waals surface area contributed by atoms with Gasteiger partial charge in [0, 0.05) is 33.2 Å². The van der Waals surface area contributed by atoms with E-state index in [9.17, 15) is 0 Å². The average molecular weight is 593 g/mol. The minimum Gasteiger partial charge on any atom is -0.455 e. The molecule has 0 unspecified atom stereocenters. The van der Waals surface area contributed by atoms with Crippen LogP contribution in [0, 0.1) is 0 Å². The molecule has 0 fully saturated rings. The standard InChI is InChI=1S/C44H29NO/c1-2-15-34(16-3-1)45(35-26-23-32(24-27-35)38-20-9-13-30-11-4-6-18-37(30)38)36-17-8-14-33(29-36)39-21-10-22-42-43(39)41-28-25-31-12-5-7-19-40(31)44(41)46-42/h1-29H/i1D,2D,3D,15D,16D. The summed E-state index contributed by atoms with van der Waals surface area (Å²) >= 11 is 0. The summed E-state index contributed by atoms with van der Waals surface area (Å²) in [6.07, 6.45) is 0. The van der Waals surface area contributed by atoms with Gasteiger partial charge in [0.15, 0.2) is 0 Å². The third kappa shape index (κ3) is 4.35. The fraction of sp³-hybridized carbons (Fsp3) is 0. The van der Waals surface area contributed by atoms with Gasteiger partial charge in [0.05, 0.1) is 6.85 Å². The lowest BCUT2D eigenvalue weighted by molar-refractivity contribution is 0.673. The quantitative estimate of drug-likeness (QED) is 0.198. The van der Waals surface area contributed by atoms with Crippen LogP contribution in [-0.4, -0.2) is 0 Å². The molecule has 0 radical (unpaired) electrons. The zero-order chi connectivity index (χ0) is 34.8. The molecule has 9 rings (SSSR count). The Kier molecular flexibility index (Phi) is 5.06. The second-order valence-corrected chi connectivity index (χ2v) is 11.4. The normalized spacial score (nSPS) is 13.0. The number of fused-ring (bicyclic) bond motifs is 6. The lowest BCUT2D eigenvalue weighted by atomic mass is 9.97. The Morgan fingerprint density at radius 3 is 2.00 bits per heavy atom. The summed E-state index contributed by atoms with van der Waals surface area (Å²) in [4.78, 5) is 1.76. The zero-order valence-electron chi connectivity index (χ0n) is 29.7. The molecule has 0 spiro atoms. The van der Waals surface area contributed by atoms with Crippen molar-refractivity contribution in [3.05, 3.63) is 176 Å². The molecule has 0 aliphatic heterocycles. The Labute approximate surface area is 274 Å². The molecule has 0 bridgehead atoms. The first-order chi connectivity index (χ1) is 24.9. The minimum atomic E-state index is -0.431. The van der Waals surface area contributed by atoms with E-state index in [1.165, 1.54) is 0 Å². The fourth-order valence-corrected chi connectivity index (χ4v) is 6.64. The molecule has 0 amide bonds. The highest BCUT2D eigenvalue weighted by Gasteiger charge is 2.17. The van der Waals surface area contributed by atoms with E-state index in [0.717, 1.165) is 65.7 Å². The van der Waals surface area contributed by atoms with Crippen LogP contribution in [0.3, 0.4) is 0 Å². The molecule has 0 aliphatic carbocycles. The first kappa shape index (κ1) is 21.6. The largest absolute Gasteiger partial charge is 0.455 e. The third-order valence-electron chi connectivity index (χ3n) is 8.74. The van der Waals surface area contributed by atoms with Crippen molar-refractivity contribution in [3.8, 4) is 22.3 Å². The minimum absolute atomic E-state index is 0.0782. The van der Waals surface area contributed by atoms with E-state index >= 15 is 0 Å². The highest BCUT2D eigenvalue weighted by molar-refractivity contribution is 6.19. The van der Waals surface area contributed by atoms with Crippen molar-refractivity contribution in [2.45, 2.75) is 0 Å². The van der Waals surface area contributed by atoms with E-state index in [2.05, 4.69) is 54.6 Å². The summed E-state index contributed by atoms with van der Waals surface area (Å²) in [5, 5.41) is 6.43. The van der Waals surface area contributed by atoms with Crippen LogP contribution in [0.25, 0.3) is 65.7 Å². The van der Waals surface area contributed by atoms with E-state index in [1.807, 2.05) is 91.0 Å². The number of hydrogen-bond acceptors (Lipinski definition) is 2. The molecular weight excluding hydrogens is 558 g/mol. The summed E-state index contributed by atoms with van der Waals surface area (Å²) in [6, 6.07) is 47.0. The number of nitrogens with zero attached hydrogens (tertiary/aromatic N) is 1. The van der Waals surface area contributed by atoms with Crippen LogP contribution in [0.15, 0.2) is 180 Å². The highest BCUT2D eigenvalue weighted by Crippen LogP contribution is 2.42. The summed E-state index contributed by atoms with van der Waals surface area (Å²) in [6.45, 7) is 0. The van der Waals surface area contributed by atoms with Crippen molar-refractivity contribution in [2.75, 3.05) is 4.90 Å². The molecule has 0 N–H and O–H groups in total. The van der Waals surface area contributed by atoms with Gasteiger partial charge in [-0.15, -0.1) is 0 Å². The van der Waals surface area contributed by atoms with Gasteiger partial charge in [0.1, 0.15) is 11.2 Å². The fourth-order valence-electron chi connectivity index (χ4n) is 6.64. The smallest absolute Gasteiger partial charge is 0.143 e. The molecule has 8 aromatic carbocycles. The van der Waals surface area contributed by atoms with Crippen molar-refractivity contribution >= 4 is 60.5 Å². The van der Waals surface area contributed by atoms with Gasteiger partial charge in [-0.3, -0.25) is 0 Å². The molecule has 0 atom stereocenters. The van der Waals surface area contributed by atoms with Gasteiger partial charge in [-0.1, -0.05) is 127 Å². The van der Waals surface area contributed by atoms with E-state index in [4.69, 9.17) is 11.3 Å². The van der Waals surface area contributed by atoms with Crippen LogP contribution in [0.5, 0.6) is 0 Å². The molecule has 0 saturated heterocycles. The SMILES string of the molecule is [2H]c1c([2H])c([2H])c(N(c2ccc(-c3cccc4ccccc34)cc2)c2cccc(-c3cccc4oc5c6ccccc6ccc5c34)c2)c([2H])c1[2H]. The molecule has 9 aromatic rings. The maximum absolute atomic E-state index is 8.97. The van der Waals surface area contributed by atoms with E-state index in [0.29, 0.717) is 11.4 Å². The predicted molar refractivity (Wildman–Crippen MR) is 194 cm³/mol. The molecule has 2 heteroatoms. The number of furan rings is 1. The van der Waals surface area contributed by atoms with Gasteiger partial charge in [-0.25, -0.2) is 0 Å². The second-order valence-electron chi connectivity index (χ2n) is 11.4. The highest BCUT2D eigenvalue weighted by atomic mass is 16.3. The molecule has 46 heavy (non-hydrogen) atoms. The Bertz CT molecular complexity index is 2790. The van der Waals surface area contributed by atoms with Crippen molar-refractivity contribution in [1.82, 2.24) is 0 Å². The van der Waals surface area contributed by atoms with Gasteiger partial charge in [0.25, 0.3) is 0 Å². The van der Waals surface area contributed by atoms with Gasteiger partial charge in [0.2, 0.25) is 0 Å².